The Morgan fingerprint density at radius 1 is 1.15 bits per heavy atom. The van der Waals surface area contributed by atoms with Gasteiger partial charge in [-0.3, -0.25) is 14.5 Å². The van der Waals surface area contributed by atoms with Gasteiger partial charge < -0.3 is 14.4 Å². The summed E-state index contributed by atoms with van der Waals surface area (Å²) < 4.78 is 12.5. The van der Waals surface area contributed by atoms with Gasteiger partial charge in [0.15, 0.2) is 0 Å². The highest BCUT2D eigenvalue weighted by Gasteiger charge is 2.66. The molecule has 2 bridgehead atoms. The lowest BCUT2D eigenvalue weighted by Gasteiger charge is -2.60. The second-order valence-corrected chi connectivity index (χ2v) is 13.4. The molecule has 1 spiro atoms. The molecule has 2 unspecified atom stereocenters. The van der Waals surface area contributed by atoms with Crippen LogP contribution in [0.15, 0.2) is 54.6 Å². The molecule has 2 aromatic rings. The summed E-state index contributed by atoms with van der Waals surface area (Å²) in [6, 6.07) is 17.2. The fourth-order valence-electron chi connectivity index (χ4n) is 8.80. The molecule has 6 heteroatoms. The molecule has 2 heterocycles. The fraction of sp³-hybridized carbons (Fsp3) is 0.543. The van der Waals surface area contributed by atoms with Gasteiger partial charge in [0.1, 0.15) is 18.0 Å². The maximum absolute atomic E-state index is 13.9. The highest BCUT2D eigenvalue weighted by atomic mass is 16.5. The number of amides is 1. The largest absolute Gasteiger partial charge is 0.487 e. The van der Waals surface area contributed by atoms with Gasteiger partial charge >= 0.3 is 5.97 Å². The second-order valence-electron chi connectivity index (χ2n) is 13.4. The molecule has 3 fully saturated rings. The topological polar surface area (TPSA) is 59.1 Å². The fourth-order valence-corrected chi connectivity index (χ4v) is 8.80. The van der Waals surface area contributed by atoms with Crippen LogP contribution >= 0.6 is 0 Å². The molecule has 5 aliphatic rings. The van der Waals surface area contributed by atoms with E-state index in [0.29, 0.717) is 23.8 Å². The molecule has 0 N–H and O–H groups in total. The lowest BCUT2D eigenvalue weighted by molar-refractivity contribution is -0.142. The van der Waals surface area contributed by atoms with Crippen molar-refractivity contribution < 1.29 is 19.1 Å². The smallest absolute Gasteiger partial charge is 0.302 e. The van der Waals surface area contributed by atoms with E-state index in [4.69, 9.17) is 9.47 Å². The van der Waals surface area contributed by atoms with Crippen LogP contribution in [0.4, 0.5) is 0 Å². The van der Waals surface area contributed by atoms with Gasteiger partial charge in [0, 0.05) is 49.0 Å². The third kappa shape index (κ3) is 4.59. The molecular formula is C35H42N2O4. The Balaban J connectivity index is 1.19. The summed E-state index contributed by atoms with van der Waals surface area (Å²) in [6.45, 7) is 8.66. The van der Waals surface area contributed by atoms with Crippen LogP contribution in [0, 0.1) is 17.8 Å². The first-order valence-corrected chi connectivity index (χ1v) is 15.6. The first kappa shape index (κ1) is 26.8. The van der Waals surface area contributed by atoms with Gasteiger partial charge in [0.2, 0.25) is 5.91 Å². The number of piperidine rings is 1. The van der Waals surface area contributed by atoms with Gasteiger partial charge in [-0.15, -0.1) is 0 Å². The molecule has 0 radical (unpaired) electrons. The molecule has 2 aromatic carbocycles. The Labute approximate surface area is 243 Å². The van der Waals surface area contributed by atoms with E-state index in [1.54, 1.807) is 6.08 Å². The van der Waals surface area contributed by atoms with E-state index in [0.717, 1.165) is 63.1 Å². The van der Waals surface area contributed by atoms with Crippen molar-refractivity contribution in [1.29, 1.82) is 0 Å². The predicted octanol–water partition coefficient (Wildman–Crippen LogP) is 5.24. The van der Waals surface area contributed by atoms with Crippen LogP contribution in [0.3, 0.4) is 0 Å². The van der Waals surface area contributed by atoms with E-state index < -0.39 is 0 Å². The summed E-state index contributed by atoms with van der Waals surface area (Å²) in [5.74, 6) is 2.28. The van der Waals surface area contributed by atoms with Crippen molar-refractivity contribution in [1.82, 2.24) is 9.80 Å². The third-order valence-corrected chi connectivity index (χ3v) is 10.4. The van der Waals surface area contributed by atoms with Crippen LogP contribution < -0.4 is 4.74 Å². The van der Waals surface area contributed by atoms with E-state index in [1.165, 1.54) is 18.1 Å². The van der Waals surface area contributed by atoms with E-state index in [9.17, 15) is 9.59 Å². The number of carbonyl (C=O) groups excluding carboxylic acids is 2. The number of hydrogen-bond acceptors (Lipinski definition) is 5. The van der Waals surface area contributed by atoms with Crippen LogP contribution in [0.1, 0.15) is 63.1 Å². The molecule has 0 aromatic heterocycles. The van der Waals surface area contributed by atoms with Crippen molar-refractivity contribution in [2.75, 3.05) is 19.6 Å². The minimum Gasteiger partial charge on any atom is -0.487 e. The van der Waals surface area contributed by atoms with Crippen molar-refractivity contribution in [3.05, 3.63) is 71.3 Å². The number of nitrogens with zero attached hydrogens (tertiary/aromatic N) is 2. The molecule has 216 valence electrons. The Hall–Kier alpha value is -3.12. The summed E-state index contributed by atoms with van der Waals surface area (Å²) in [5, 5.41) is 0. The molecule has 3 aliphatic carbocycles. The number of hydrogen-bond donors (Lipinski definition) is 0. The summed E-state index contributed by atoms with van der Waals surface area (Å²) in [6.07, 6.45) is 8.91. The summed E-state index contributed by atoms with van der Waals surface area (Å²) >= 11 is 0. The Morgan fingerprint density at radius 3 is 2.76 bits per heavy atom. The zero-order valence-electron chi connectivity index (χ0n) is 24.5. The molecule has 2 aliphatic heterocycles. The van der Waals surface area contributed by atoms with Crippen molar-refractivity contribution in [2.45, 2.75) is 82.6 Å². The second kappa shape index (κ2) is 10.3. The van der Waals surface area contributed by atoms with Gasteiger partial charge in [-0.2, -0.15) is 0 Å². The third-order valence-electron chi connectivity index (χ3n) is 10.4. The van der Waals surface area contributed by atoms with Crippen LogP contribution in [-0.4, -0.2) is 65.6 Å². The monoisotopic (exact) mass is 554 g/mol. The van der Waals surface area contributed by atoms with Gasteiger partial charge in [0.05, 0.1) is 6.04 Å². The molecule has 7 atom stereocenters. The van der Waals surface area contributed by atoms with Crippen molar-refractivity contribution in [2.24, 2.45) is 17.8 Å². The number of likely N-dealkylation sites (tertiary alicyclic amines) is 1. The Morgan fingerprint density at radius 2 is 1.98 bits per heavy atom. The first-order valence-electron chi connectivity index (χ1n) is 15.6. The minimum atomic E-state index is -0.169. The standard InChI is InChI=1S/C35H42N2O4/c1-22(2)20-37(32(39)15-12-24-8-5-4-6-9-24)28-14-13-27-29-18-25-10-7-11-30-33(25)35(27,34(28)41-30)16-17-36(29)21-26-19-31(26)40-23(3)38/h4-12,15,22,26-29,31,34H,13-14,16-21H2,1-3H3/t26?,27-,28+,29+,31?,34-,35-/m0/s1. The highest BCUT2D eigenvalue weighted by molar-refractivity contribution is 5.92. The van der Waals surface area contributed by atoms with Crippen molar-refractivity contribution in [3.63, 3.8) is 0 Å². The van der Waals surface area contributed by atoms with Gasteiger partial charge in [-0.25, -0.2) is 0 Å². The number of carbonyl (C=O) groups is 2. The molecule has 6 nitrogen and oxygen atoms in total. The SMILES string of the molecule is CC(=O)OC1CC1CN1CC[C@]23c4c5cccc4O[C@H]2[C@H](N(CC(C)C)C(=O)C=Cc2ccccc2)CC[C@H]3[C@H]1C5. The quantitative estimate of drug-likeness (QED) is 0.330. The van der Waals surface area contributed by atoms with E-state index in [2.05, 4.69) is 41.8 Å². The minimum absolute atomic E-state index is 0.0232. The van der Waals surface area contributed by atoms with Crippen molar-refractivity contribution in [3.8, 4) is 5.75 Å². The van der Waals surface area contributed by atoms with Crippen LogP contribution in [0.25, 0.3) is 6.08 Å². The zero-order chi connectivity index (χ0) is 28.3. The van der Waals surface area contributed by atoms with Crippen molar-refractivity contribution >= 4 is 18.0 Å². The highest BCUT2D eigenvalue weighted by Crippen LogP contribution is 2.63. The van der Waals surface area contributed by atoms with Gasteiger partial charge in [-0.1, -0.05) is 56.3 Å². The van der Waals surface area contributed by atoms with Crippen LogP contribution in [-0.2, 0) is 26.2 Å². The average molecular weight is 555 g/mol. The van der Waals surface area contributed by atoms with Crippen LogP contribution in [0.5, 0.6) is 5.75 Å². The lowest BCUT2D eigenvalue weighted by Crippen LogP contribution is -2.69. The number of benzene rings is 2. The lowest BCUT2D eigenvalue weighted by atomic mass is 9.51. The number of ether oxygens (including phenoxy) is 2. The van der Waals surface area contributed by atoms with E-state index >= 15 is 0 Å². The summed E-state index contributed by atoms with van der Waals surface area (Å²) in [4.78, 5) is 30.2. The normalized spacial score (nSPS) is 32.9. The maximum Gasteiger partial charge on any atom is 0.302 e. The summed E-state index contributed by atoms with van der Waals surface area (Å²) in [7, 11) is 0. The average Bonchev–Trinajstić information content (AvgIpc) is 3.58. The van der Waals surface area contributed by atoms with E-state index in [1.807, 2.05) is 36.4 Å². The Kier molecular flexibility index (Phi) is 6.72. The predicted molar refractivity (Wildman–Crippen MR) is 158 cm³/mol. The Bertz CT molecular complexity index is 1360. The molecule has 7 rings (SSSR count). The van der Waals surface area contributed by atoms with Gasteiger partial charge in [0.25, 0.3) is 0 Å². The van der Waals surface area contributed by atoms with Gasteiger partial charge in [-0.05, 0) is 73.8 Å². The molecule has 2 saturated carbocycles. The zero-order valence-corrected chi connectivity index (χ0v) is 24.5. The van der Waals surface area contributed by atoms with Crippen LogP contribution in [0.2, 0.25) is 0 Å². The summed E-state index contributed by atoms with van der Waals surface area (Å²) in [5.41, 5.74) is 3.85. The number of esters is 1. The first-order chi connectivity index (χ1) is 19.8. The number of rotatable bonds is 8. The maximum atomic E-state index is 13.9. The molecule has 41 heavy (non-hydrogen) atoms. The molecule has 1 saturated heterocycles. The molecular weight excluding hydrogens is 512 g/mol. The van der Waals surface area contributed by atoms with E-state index in [-0.39, 0.29) is 35.5 Å². The molecule has 1 amide bonds.